The average molecular weight is 435 g/mol. The van der Waals surface area contributed by atoms with Crippen molar-refractivity contribution in [1.82, 2.24) is 20.6 Å². The van der Waals surface area contributed by atoms with E-state index in [1.165, 1.54) is 0 Å². The monoisotopic (exact) mass is 434 g/mol. The van der Waals surface area contributed by atoms with Gasteiger partial charge in [-0.25, -0.2) is 4.79 Å². The highest BCUT2D eigenvalue weighted by atomic mass is 35.5. The Balaban J connectivity index is 1.36. The van der Waals surface area contributed by atoms with Crippen molar-refractivity contribution in [1.29, 1.82) is 0 Å². The van der Waals surface area contributed by atoms with E-state index in [1.54, 1.807) is 6.07 Å². The van der Waals surface area contributed by atoms with E-state index in [1.807, 2.05) is 66.7 Å². The van der Waals surface area contributed by atoms with Crippen molar-refractivity contribution in [3.05, 3.63) is 88.9 Å². The lowest BCUT2D eigenvalue weighted by Crippen LogP contribution is -2.14. The molecule has 0 saturated heterocycles. The SMILES string of the molecule is O=C(Nc1cc(Cl)cc(CNc2cccc(-c3nn[nH]n3)c2)c1)OCc1ccccc1. The molecule has 0 aliphatic heterocycles. The molecule has 0 bridgehead atoms. The number of hydrogen-bond donors (Lipinski definition) is 3. The Morgan fingerprint density at radius 2 is 1.84 bits per heavy atom. The van der Waals surface area contributed by atoms with E-state index >= 15 is 0 Å². The van der Waals surface area contributed by atoms with Gasteiger partial charge >= 0.3 is 6.09 Å². The molecule has 8 nitrogen and oxygen atoms in total. The Morgan fingerprint density at radius 3 is 2.65 bits per heavy atom. The number of anilines is 2. The molecule has 4 rings (SSSR count). The van der Waals surface area contributed by atoms with Gasteiger partial charge in [-0.3, -0.25) is 5.32 Å². The van der Waals surface area contributed by atoms with Crippen LogP contribution in [0.1, 0.15) is 11.1 Å². The van der Waals surface area contributed by atoms with Gasteiger partial charge in [0.25, 0.3) is 0 Å². The largest absolute Gasteiger partial charge is 0.444 e. The molecule has 0 fully saturated rings. The van der Waals surface area contributed by atoms with Crippen LogP contribution in [0.2, 0.25) is 5.02 Å². The Labute approximate surface area is 183 Å². The van der Waals surface area contributed by atoms with Crippen LogP contribution in [-0.4, -0.2) is 26.7 Å². The number of halogens is 1. The minimum absolute atomic E-state index is 0.193. The number of carbonyl (C=O) groups excluding carboxylic acids is 1. The molecular formula is C22H19ClN6O2. The Bertz CT molecular complexity index is 1150. The molecule has 0 saturated carbocycles. The lowest BCUT2D eigenvalue weighted by atomic mass is 10.1. The molecule has 3 aromatic carbocycles. The first-order valence-corrected chi connectivity index (χ1v) is 9.88. The summed E-state index contributed by atoms with van der Waals surface area (Å²) in [6.07, 6.45) is -0.544. The number of nitrogens with one attached hydrogen (secondary N) is 3. The molecule has 0 atom stereocenters. The summed E-state index contributed by atoms with van der Waals surface area (Å²) >= 11 is 6.23. The molecule has 0 unspecified atom stereocenters. The van der Waals surface area contributed by atoms with E-state index in [2.05, 4.69) is 31.3 Å². The highest BCUT2D eigenvalue weighted by molar-refractivity contribution is 6.31. The number of aromatic nitrogens is 4. The van der Waals surface area contributed by atoms with Crippen molar-refractivity contribution in [3.63, 3.8) is 0 Å². The van der Waals surface area contributed by atoms with Gasteiger partial charge in [0.05, 0.1) is 0 Å². The maximum atomic E-state index is 12.1. The number of H-pyrrole nitrogens is 1. The zero-order chi connectivity index (χ0) is 21.5. The van der Waals surface area contributed by atoms with Crippen molar-refractivity contribution in [3.8, 4) is 11.4 Å². The topological polar surface area (TPSA) is 105 Å². The number of carbonyl (C=O) groups is 1. The molecule has 9 heteroatoms. The van der Waals surface area contributed by atoms with Crippen molar-refractivity contribution < 1.29 is 9.53 Å². The van der Waals surface area contributed by atoms with E-state index in [4.69, 9.17) is 16.3 Å². The molecule has 0 aliphatic carbocycles. The third-order valence-corrected chi connectivity index (χ3v) is 4.60. The standard InChI is InChI=1S/C22H19ClN6O2/c23-18-9-16(13-24-19-8-4-7-17(11-19)21-26-28-29-27-21)10-20(12-18)25-22(30)31-14-15-5-2-1-3-6-15/h1-12,24H,13-14H2,(H,25,30)(H,26,27,28,29). The maximum Gasteiger partial charge on any atom is 0.411 e. The number of ether oxygens (including phenoxy) is 1. The summed E-state index contributed by atoms with van der Waals surface area (Å²) in [6.45, 7) is 0.697. The van der Waals surface area contributed by atoms with Crippen LogP contribution < -0.4 is 10.6 Å². The van der Waals surface area contributed by atoms with E-state index in [9.17, 15) is 4.79 Å². The molecular weight excluding hydrogens is 416 g/mol. The maximum absolute atomic E-state index is 12.1. The molecule has 3 N–H and O–H groups in total. The second-order valence-corrected chi connectivity index (χ2v) is 7.14. The molecule has 31 heavy (non-hydrogen) atoms. The van der Waals surface area contributed by atoms with Gasteiger partial charge in [-0.1, -0.05) is 54.1 Å². The van der Waals surface area contributed by atoms with Crippen LogP contribution in [0.15, 0.2) is 72.8 Å². The fourth-order valence-electron chi connectivity index (χ4n) is 2.96. The molecule has 1 heterocycles. The second-order valence-electron chi connectivity index (χ2n) is 6.70. The molecule has 156 valence electrons. The number of tetrazole rings is 1. The summed E-state index contributed by atoms with van der Waals surface area (Å²) in [5.41, 5.74) is 4.10. The number of aromatic amines is 1. The number of hydrogen-bond acceptors (Lipinski definition) is 6. The number of amides is 1. The molecule has 4 aromatic rings. The van der Waals surface area contributed by atoms with Gasteiger partial charge in [0.15, 0.2) is 0 Å². The van der Waals surface area contributed by atoms with Crippen molar-refractivity contribution >= 4 is 29.1 Å². The summed E-state index contributed by atoms with van der Waals surface area (Å²) in [6, 6.07) is 22.5. The van der Waals surface area contributed by atoms with Crippen LogP contribution in [0.4, 0.5) is 16.2 Å². The van der Waals surface area contributed by atoms with Crippen molar-refractivity contribution in [2.45, 2.75) is 13.2 Å². The summed E-state index contributed by atoms with van der Waals surface area (Å²) in [4.78, 5) is 12.1. The van der Waals surface area contributed by atoms with E-state index in [-0.39, 0.29) is 6.61 Å². The third kappa shape index (κ3) is 5.80. The summed E-state index contributed by atoms with van der Waals surface area (Å²) in [5.74, 6) is 0.520. The fraction of sp³-hybridized carbons (Fsp3) is 0.0909. The predicted molar refractivity (Wildman–Crippen MR) is 119 cm³/mol. The third-order valence-electron chi connectivity index (χ3n) is 4.38. The first kappa shape index (κ1) is 20.4. The molecule has 0 spiro atoms. The van der Waals surface area contributed by atoms with Crippen molar-refractivity contribution in [2.75, 3.05) is 10.6 Å². The average Bonchev–Trinajstić information content (AvgIpc) is 3.32. The van der Waals surface area contributed by atoms with Crippen LogP contribution in [0.3, 0.4) is 0 Å². The van der Waals surface area contributed by atoms with Crippen LogP contribution >= 0.6 is 11.6 Å². The predicted octanol–water partition coefficient (Wildman–Crippen LogP) is 4.88. The summed E-state index contributed by atoms with van der Waals surface area (Å²) in [7, 11) is 0. The number of rotatable bonds is 7. The first-order valence-electron chi connectivity index (χ1n) is 9.51. The highest BCUT2D eigenvalue weighted by Crippen LogP contribution is 2.22. The molecule has 0 aliphatic rings. The molecule has 0 radical (unpaired) electrons. The van der Waals surface area contributed by atoms with Crippen LogP contribution in [0.25, 0.3) is 11.4 Å². The highest BCUT2D eigenvalue weighted by Gasteiger charge is 2.07. The molecule has 1 amide bonds. The fourth-order valence-corrected chi connectivity index (χ4v) is 3.22. The Morgan fingerprint density at radius 1 is 0.968 bits per heavy atom. The Kier molecular flexibility index (Phi) is 6.39. The zero-order valence-electron chi connectivity index (χ0n) is 16.4. The van der Waals surface area contributed by atoms with Crippen molar-refractivity contribution in [2.24, 2.45) is 0 Å². The van der Waals surface area contributed by atoms with Crippen LogP contribution in [0, 0.1) is 0 Å². The van der Waals surface area contributed by atoms with E-state index in [0.29, 0.717) is 23.1 Å². The minimum Gasteiger partial charge on any atom is -0.444 e. The van der Waals surface area contributed by atoms with Gasteiger partial charge < -0.3 is 10.1 Å². The number of benzene rings is 3. The minimum atomic E-state index is -0.544. The summed E-state index contributed by atoms with van der Waals surface area (Å²) < 4.78 is 5.26. The van der Waals surface area contributed by atoms with Gasteiger partial charge in [-0.05, 0) is 46.7 Å². The van der Waals surface area contributed by atoms with Gasteiger partial charge in [0, 0.05) is 28.5 Å². The lowest BCUT2D eigenvalue weighted by molar-refractivity contribution is 0.155. The van der Waals surface area contributed by atoms with Gasteiger partial charge in [0.1, 0.15) is 6.61 Å². The van der Waals surface area contributed by atoms with E-state index in [0.717, 1.165) is 22.4 Å². The molecule has 1 aromatic heterocycles. The quantitative estimate of drug-likeness (QED) is 0.383. The van der Waals surface area contributed by atoms with Crippen LogP contribution in [-0.2, 0) is 17.9 Å². The Hall–Kier alpha value is -3.91. The normalized spacial score (nSPS) is 10.5. The second kappa shape index (κ2) is 9.73. The zero-order valence-corrected chi connectivity index (χ0v) is 17.1. The lowest BCUT2D eigenvalue weighted by Gasteiger charge is -2.11. The van der Waals surface area contributed by atoms with Gasteiger partial charge in [-0.15, -0.1) is 10.2 Å². The van der Waals surface area contributed by atoms with Gasteiger partial charge in [-0.2, -0.15) is 5.21 Å². The smallest absolute Gasteiger partial charge is 0.411 e. The summed E-state index contributed by atoms with van der Waals surface area (Å²) in [5, 5.41) is 20.6. The van der Waals surface area contributed by atoms with E-state index < -0.39 is 6.09 Å². The first-order chi connectivity index (χ1) is 15.2. The number of nitrogens with zero attached hydrogens (tertiary/aromatic N) is 3. The van der Waals surface area contributed by atoms with Gasteiger partial charge in [0.2, 0.25) is 5.82 Å². The van der Waals surface area contributed by atoms with Crippen LogP contribution in [0.5, 0.6) is 0 Å².